The molecule has 142 heavy (non-hydrogen) atoms. The number of hydrogen-bond donors (Lipinski definition) is 13. The lowest BCUT2D eigenvalue weighted by Crippen LogP contribution is -2.42. The molecule has 1 saturated carbocycles. The van der Waals surface area contributed by atoms with Crippen molar-refractivity contribution < 1.29 is 59.1 Å². The molecule has 0 radical (unpaired) electrons. The molecule has 0 spiro atoms. The van der Waals surface area contributed by atoms with Gasteiger partial charge >= 0.3 is 25.4 Å². The van der Waals surface area contributed by atoms with E-state index in [2.05, 4.69) is 103 Å². The number of hydrogen-bond acceptors (Lipinski definition) is 36. The molecule has 10 heterocycles. The largest absolute Gasteiger partial charge is 0.488 e. The van der Waals surface area contributed by atoms with Crippen molar-refractivity contribution in [3.63, 3.8) is 0 Å². The number of likely N-dealkylation sites (tertiary alicyclic amines) is 3. The third-order valence-electron chi connectivity index (χ3n) is 22.4. The summed E-state index contributed by atoms with van der Waals surface area (Å²) in [6.07, 6.45) is 19.4. The summed E-state index contributed by atoms with van der Waals surface area (Å²) in [6.45, 7) is 24.0. The second-order valence-corrected chi connectivity index (χ2v) is 38.0. The minimum Gasteiger partial charge on any atom is -0.444 e. The number of rotatable bonds is 24. The molecule has 4 fully saturated rings. The Morgan fingerprint density at radius 1 is 0.387 bits per heavy atom. The number of benzene rings is 4. The number of nitrogen functional groups attached to an aromatic ring is 1. The van der Waals surface area contributed by atoms with Crippen molar-refractivity contribution in [2.75, 3.05) is 103 Å². The molecular formula is C99H121BCl3N27O12. The summed E-state index contributed by atoms with van der Waals surface area (Å²) in [4.78, 5) is 65.7. The highest BCUT2D eigenvalue weighted by Gasteiger charge is 2.32. The first-order valence-electron chi connectivity index (χ1n) is 46.5. The van der Waals surface area contributed by atoms with E-state index in [-0.39, 0.29) is 61.8 Å². The maximum absolute atomic E-state index is 12.4. The van der Waals surface area contributed by atoms with Gasteiger partial charge in [0.15, 0.2) is 44.2 Å². The number of amides is 3. The number of nitrogens with one attached hydrogen (secondary N) is 6. The zero-order chi connectivity index (χ0) is 102. The smallest absolute Gasteiger partial charge is 0.444 e. The van der Waals surface area contributed by atoms with Crippen LogP contribution in [0.5, 0.6) is 0 Å². The summed E-state index contributed by atoms with van der Waals surface area (Å²) in [6, 6.07) is 42.1. The molecule has 14 N–H and O–H groups in total. The van der Waals surface area contributed by atoms with Gasteiger partial charge in [-0.1, -0.05) is 151 Å². The summed E-state index contributed by atoms with van der Waals surface area (Å²) >= 11 is 17.9. The number of ether oxygens (including phenoxy) is 3. The molecule has 748 valence electrons. The fourth-order valence-electron chi connectivity index (χ4n) is 14.8. The van der Waals surface area contributed by atoms with Crippen molar-refractivity contribution in [2.24, 2.45) is 23.7 Å². The van der Waals surface area contributed by atoms with E-state index in [1.54, 1.807) is 51.1 Å². The third kappa shape index (κ3) is 36.9. The van der Waals surface area contributed by atoms with Crippen LogP contribution in [0.1, 0.15) is 172 Å². The second-order valence-electron chi connectivity index (χ2n) is 36.9. The molecule has 7 aromatic heterocycles. The van der Waals surface area contributed by atoms with Crippen molar-refractivity contribution in [3.8, 4) is 52.0 Å². The van der Waals surface area contributed by atoms with E-state index in [0.29, 0.717) is 131 Å². The molecule has 0 bridgehead atoms. The molecule has 3 saturated heterocycles. The Kier molecular flexibility index (Phi) is 42.4. The average Bonchev–Trinajstić information content (AvgIpc) is 0.824. The minimum absolute atomic E-state index is 0.000321. The number of carbonyl (C=O) groups excluding carboxylic acids is 3. The Bertz CT molecular complexity index is 5960. The molecule has 4 aromatic carbocycles. The number of aliphatic hydroxyl groups excluding tert-OH is 4. The number of anilines is 9. The predicted molar refractivity (Wildman–Crippen MR) is 543 cm³/mol. The van der Waals surface area contributed by atoms with Crippen molar-refractivity contribution in [1.82, 2.24) is 85.4 Å². The van der Waals surface area contributed by atoms with Crippen LogP contribution < -0.4 is 43.1 Å². The van der Waals surface area contributed by atoms with Gasteiger partial charge in [-0.3, -0.25) is 0 Å². The average molecular weight is 2000 g/mol. The summed E-state index contributed by atoms with van der Waals surface area (Å²) in [7, 11) is -1.43. The number of aliphatic hydroxyl groups is 4. The van der Waals surface area contributed by atoms with Crippen LogP contribution in [0.4, 0.5) is 66.2 Å². The zero-order valence-electron chi connectivity index (χ0n) is 80.9. The summed E-state index contributed by atoms with van der Waals surface area (Å²) in [5, 5.41) is 134. The molecule has 1 aliphatic carbocycles. The number of nitrogens with two attached hydrogens (primary N) is 1. The Balaban J connectivity index is 0.000000184. The van der Waals surface area contributed by atoms with Crippen LogP contribution in [-0.4, -0.2) is 224 Å². The predicted octanol–water partition coefficient (Wildman–Crippen LogP) is 15.1. The molecular weight excluding hydrogens is 1880 g/mol. The van der Waals surface area contributed by atoms with Gasteiger partial charge in [-0.15, -0.1) is 40.8 Å². The van der Waals surface area contributed by atoms with Gasteiger partial charge in [0.1, 0.15) is 69.5 Å². The number of nitrogens with zero attached hydrogens (tertiary/aromatic N) is 20. The van der Waals surface area contributed by atoms with Gasteiger partial charge in [0.25, 0.3) is 0 Å². The van der Waals surface area contributed by atoms with Gasteiger partial charge in [-0.05, 0) is 165 Å². The van der Waals surface area contributed by atoms with Gasteiger partial charge in [0, 0.05) is 106 Å². The molecule has 15 rings (SSSR count). The zero-order valence-corrected chi connectivity index (χ0v) is 83.1. The standard InChI is InChI=1S/C27H32N8O3.C23H25N7O.C22H29ClN4O3.C15H22Cl2N4O2.C7H9BO3.C5H4N4/c1-27(2,3)38-26(37)35-10-8-18(9-11-35)14-30-22-12-23(32-24-16-29-21(13-28)15-31-24)33-34-25(22)20-6-4-19(17-36)5-7-20;24-11-19-13-27-22(14-25-19)28-21-10-20(26-12-16-4-2-1-3-5-16)23(30-29-21)18-8-6-17(15-31)7-9-18;1-22(2,3)30-21(29)27-10-8-15(9-11-27)13-24-18-12-19(23)25-26-20(18)17-6-4-16(14-28)5-7-17;1-15(2,3)23-14(22)21-6-4-10(5-7-21)9-18-11-8-12(16)19-20-13(11)17;9-5-6-1-3-7(4-2-6)8(10)11;6-1-4-2-9-5(7)3-8-4/h4-7,12,15-16,18,36H,8-11,14,17H2,1-3H3,(H2,30,31,32,33);6-10,13-14,16,31H,1-5,12,15H2,(H2,26,27,28,29);4-7,12,15,28H,8-11,13-14H2,1-3H3,(H,24,25);8,10H,4-7,9H2,1-3H3,(H,18,19);1-4,9-11H,5H2;2-3H,(H2,7,9). The van der Waals surface area contributed by atoms with Gasteiger partial charge in [-0.2, -0.15) is 15.8 Å². The number of piperidine rings is 3. The topological polar surface area (TPSA) is 560 Å². The van der Waals surface area contributed by atoms with Crippen LogP contribution in [0.2, 0.25) is 15.5 Å². The molecule has 0 atom stereocenters. The highest BCUT2D eigenvalue weighted by atomic mass is 35.5. The fraction of sp³-hybridized carbons (Fsp3) is 0.414. The fourth-order valence-corrected chi connectivity index (χ4v) is 15.3. The van der Waals surface area contributed by atoms with E-state index in [1.807, 2.05) is 165 Å². The lowest BCUT2D eigenvalue weighted by molar-refractivity contribution is 0.0177. The summed E-state index contributed by atoms with van der Waals surface area (Å²) in [5.74, 6) is 4.19. The van der Waals surface area contributed by atoms with Crippen LogP contribution in [0.15, 0.2) is 159 Å². The SMILES string of the molecule is CC(C)(C)OC(=O)N1CCC(CNc2cc(Cl)nnc2-c2ccc(CO)cc2)CC1.CC(C)(C)OC(=O)N1CCC(CNc2cc(Cl)nnc2Cl)CC1.CC(C)(C)OC(=O)N1CCC(CNc2cc(Nc3cnc(C#N)cn3)nnc2-c2ccc(CO)cc2)CC1.N#Cc1cnc(N)cn1.N#Cc1cnc(Nc2cc(NCC3CCCCC3)c(-c3ccc(CO)cc3)nn2)cn1.OCc1ccc(B(O)O)cc1. The quantitative estimate of drug-likeness (QED) is 0.0197. The van der Waals surface area contributed by atoms with Gasteiger partial charge in [0.05, 0.1) is 86.4 Å². The lowest BCUT2D eigenvalue weighted by atomic mass is 9.80. The highest BCUT2D eigenvalue weighted by Crippen LogP contribution is 2.36. The molecule has 0 unspecified atom stereocenters. The number of halogens is 3. The second kappa shape index (κ2) is 54.7. The van der Waals surface area contributed by atoms with E-state index < -0.39 is 23.9 Å². The molecule has 39 nitrogen and oxygen atoms in total. The number of carbonyl (C=O) groups is 3. The Morgan fingerprint density at radius 2 is 0.690 bits per heavy atom. The molecule has 3 amide bonds. The first-order chi connectivity index (χ1) is 68.0. The van der Waals surface area contributed by atoms with Crippen molar-refractivity contribution in [3.05, 3.63) is 213 Å². The maximum atomic E-state index is 12.4. The number of aromatic nitrogens is 14. The maximum Gasteiger partial charge on any atom is 0.488 e. The third-order valence-corrected chi connectivity index (χ3v) is 23.1. The first kappa shape index (κ1) is 110. The minimum atomic E-state index is -1.43. The lowest BCUT2D eigenvalue weighted by Gasteiger charge is -2.33. The van der Waals surface area contributed by atoms with Crippen LogP contribution in [-0.2, 0) is 40.6 Å². The van der Waals surface area contributed by atoms with Crippen molar-refractivity contribution in [2.45, 2.75) is 176 Å². The van der Waals surface area contributed by atoms with Crippen LogP contribution >= 0.6 is 34.8 Å². The van der Waals surface area contributed by atoms with E-state index >= 15 is 0 Å². The monoisotopic (exact) mass is 2000 g/mol. The van der Waals surface area contributed by atoms with Crippen LogP contribution in [0, 0.1) is 57.7 Å². The van der Waals surface area contributed by atoms with Crippen molar-refractivity contribution in [1.29, 1.82) is 15.8 Å². The molecule has 3 aliphatic heterocycles. The normalized spacial score (nSPS) is 14.0. The van der Waals surface area contributed by atoms with E-state index in [4.69, 9.17) is 85.7 Å². The van der Waals surface area contributed by atoms with E-state index in [9.17, 15) is 29.7 Å². The first-order valence-corrected chi connectivity index (χ1v) is 47.7. The van der Waals surface area contributed by atoms with E-state index in [1.165, 1.54) is 69.3 Å². The summed E-state index contributed by atoms with van der Waals surface area (Å²) < 4.78 is 16.4. The molecule has 43 heteroatoms. The Morgan fingerprint density at radius 3 is 1.00 bits per heavy atom. The highest BCUT2D eigenvalue weighted by molar-refractivity contribution is 6.58. The van der Waals surface area contributed by atoms with Gasteiger partial charge in [-0.25, -0.2) is 44.3 Å². The summed E-state index contributed by atoms with van der Waals surface area (Å²) in [5.41, 5.74) is 16.2. The Hall–Kier alpha value is -14.0. The van der Waals surface area contributed by atoms with Crippen molar-refractivity contribution >= 4 is 118 Å². The number of nitriles is 3. The van der Waals surface area contributed by atoms with Gasteiger partial charge < -0.3 is 97.0 Å². The van der Waals surface area contributed by atoms with Gasteiger partial charge in [0.2, 0.25) is 0 Å². The molecule has 11 aromatic rings. The van der Waals surface area contributed by atoms with Crippen LogP contribution in [0.25, 0.3) is 33.8 Å². The van der Waals surface area contributed by atoms with Crippen LogP contribution in [0.3, 0.4) is 0 Å². The molecule has 4 aliphatic rings. The Labute approximate surface area is 841 Å². The van der Waals surface area contributed by atoms with E-state index in [0.717, 1.165) is 126 Å².